The van der Waals surface area contributed by atoms with Gasteiger partial charge >= 0.3 is 5.97 Å². The van der Waals surface area contributed by atoms with Crippen LogP contribution in [0.3, 0.4) is 0 Å². The average molecular weight is 196 g/mol. The number of hydrogen-bond acceptors (Lipinski definition) is 3. The van der Waals surface area contributed by atoms with Gasteiger partial charge in [0.15, 0.2) is 5.78 Å². The molecule has 0 unspecified atom stereocenters. The molecule has 0 saturated carbocycles. The zero-order chi connectivity index (χ0) is 11.0. The fourth-order valence-electron chi connectivity index (χ4n) is 0.787. The Kier molecular flexibility index (Phi) is 6.37. The summed E-state index contributed by atoms with van der Waals surface area (Å²) >= 11 is 0. The van der Waals surface area contributed by atoms with Crippen LogP contribution < -0.4 is 0 Å². The summed E-state index contributed by atoms with van der Waals surface area (Å²) in [5.74, 6) is -0.244. The summed E-state index contributed by atoms with van der Waals surface area (Å²) in [5, 5.41) is 0. The number of carbonyl (C=O) groups is 2. The fraction of sp³-hybridized carbons (Fsp3) is 0.455. The van der Waals surface area contributed by atoms with E-state index in [-0.39, 0.29) is 11.8 Å². The van der Waals surface area contributed by atoms with Gasteiger partial charge in [-0.1, -0.05) is 17.7 Å². The maximum atomic E-state index is 10.5. The van der Waals surface area contributed by atoms with Crippen LogP contribution in [0.2, 0.25) is 0 Å². The van der Waals surface area contributed by atoms with Crippen LogP contribution in [0.4, 0.5) is 0 Å². The molecule has 0 rings (SSSR count). The van der Waals surface area contributed by atoms with E-state index in [0.717, 1.165) is 5.57 Å². The van der Waals surface area contributed by atoms with Crippen LogP contribution in [0.5, 0.6) is 0 Å². The second-order valence-corrected chi connectivity index (χ2v) is 3.07. The predicted molar refractivity (Wildman–Crippen MR) is 54.8 cm³/mol. The first-order valence-electron chi connectivity index (χ1n) is 4.50. The average Bonchev–Trinajstić information content (AvgIpc) is 2.02. The van der Waals surface area contributed by atoms with Crippen molar-refractivity contribution in [2.24, 2.45) is 0 Å². The monoisotopic (exact) mass is 196 g/mol. The Bertz CT molecular complexity index is 262. The second-order valence-electron chi connectivity index (χ2n) is 3.07. The molecule has 3 nitrogen and oxygen atoms in total. The number of ether oxygens (including phenoxy) is 1. The lowest BCUT2D eigenvalue weighted by molar-refractivity contribution is -0.140. The molecule has 0 aromatic rings. The predicted octanol–water partition coefficient (Wildman–Crippen LogP) is 2.03. The van der Waals surface area contributed by atoms with E-state index in [0.29, 0.717) is 13.0 Å². The topological polar surface area (TPSA) is 43.4 Å². The van der Waals surface area contributed by atoms with Gasteiger partial charge in [0, 0.05) is 13.3 Å². The van der Waals surface area contributed by atoms with Crippen molar-refractivity contribution in [1.29, 1.82) is 0 Å². The van der Waals surface area contributed by atoms with Crippen LogP contribution in [0.1, 0.15) is 27.2 Å². The molecule has 78 valence electrons. The van der Waals surface area contributed by atoms with Crippen molar-refractivity contribution in [2.75, 3.05) is 6.61 Å². The van der Waals surface area contributed by atoms with E-state index in [1.54, 1.807) is 6.08 Å². The molecule has 0 amide bonds. The third-order valence-corrected chi connectivity index (χ3v) is 1.51. The first kappa shape index (κ1) is 12.6. The highest BCUT2D eigenvalue weighted by Crippen LogP contribution is 2.00. The molecule has 14 heavy (non-hydrogen) atoms. The van der Waals surface area contributed by atoms with Crippen molar-refractivity contribution in [3.63, 3.8) is 0 Å². The molecule has 0 saturated heterocycles. The lowest BCUT2D eigenvalue weighted by Gasteiger charge is -2.00. The summed E-state index contributed by atoms with van der Waals surface area (Å²) < 4.78 is 4.77. The summed E-state index contributed by atoms with van der Waals surface area (Å²) in [6.45, 7) is 5.20. The Morgan fingerprint density at radius 1 is 1.21 bits per heavy atom. The van der Waals surface area contributed by atoms with E-state index in [1.807, 2.05) is 13.0 Å². The van der Waals surface area contributed by atoms with Gasteiger partial charge in [-0.25, -0.2) is 0 Å². The molecule has 0 N–H and O–H groups in total. The maximum absolute atomic E-state index is 10.5. The number of esters is 1. The van der Waals surface area contributed by atoms with E-state index in [9.17, 15) is 9.59 Å². The van der Waals surface area contributed by atoms with Gasteiger partial charge in [-0.15, -0.1) is 0 Å². The summed E-state index contributed by atoms with van der Waals surface area (Å²) in [6.07, 6.45) is 5.73. The Morgan fingerprint density at radius 2 is 1.86 bits per heavy atom. The minimum Gasteiger partial charge on any atom is -0.466 e. The van der Waals surface area contributed by atoms with E-state index in [1.165, 1.54) is 19.9 Å². The molecule has 0 radical (unpaired) electrons. The lowest BCUT2D eigenvalue weighted by Crippen LogP contribution is -2.00. The van der Waals surface area contributed by atoms with Crippen molar-refractivity contribution in [1.82, 2.24) is 0 Å². The third-order valence-electron chi connectivity index (χ3n) is 1.51. The van der Waals surface area contributed by atoms with E-state index in [4.69, 9.17) is 4.74 Å². The summed E-state index contributed by atoms with van der Waals surface area (Å²) in [5.41, 5.74) is 1.07. The number of allylic oxidation sites excluding steroid dienone is 3. The first-order chi connectivity index (χ1) is 6.52. The first-order valence-corrected chi connectivity index (χ1v) is 4.50. The molecule has 0 bridgehead atoms. The number of carbonyl (C=O) groups excluding carboxylic acids is 2. The molecule has 0 aromatic heterocycles. The quantitative estimate of drug-likeness (QED) is 0.384. The summed E-state index contributed by atoms with van der Waals surface area (Å²) in [4.78, 5) is 21.0. The highest BCUT2D eigenvalue weighted by molar-refractivity contribution is 5.87. The Labute approximate surface area is 84.4 Å². The van der Waals surface area contributed by atoms with E-state index < -0.39 is 0 Å². The molecule has 0 spiro atoms. The van der Waals surface area contributed by atoms with Gasteiger partial charge in [0.2, 0.25) is 0 Å². The van der Waals surface area contributed by atoms with Gasteiger partial charge in [0.25, 0.3) is 0 Å². The zero-order valence-electron chi connectivity index (χ0n) is 8.87. The van der Waals surface area contributed by atoms with Crippen molar-refractivity contribution >= 4 is 11.8 Å². The summed E-state index contributed by atoms with van der Waals surface area (Å²) in [6, 6.07) is 0. The van der Waals surface area contributed by atoms with Crippen LogP contribution >= 0.6 is 0 Å². The van der Waals surface area contributed by atoms with Crippen molar-refractivity contribution < 1.29 is 14.3 Å². The minimum absolute atomic E-state index is 0.0223. The van der Waals surface area contributed by atoms with Crippen LogP contribution in [0.15, 0.2) is 23.8 Å². The van der Waals surface area contributed by atoms with Gasteiger partial charge < -0.3 is 4.74 Å². The van der Waals surface area contributed by atoms with E-state index in [2.05, 4.69) is 0 Å². The molecule has 3 heteroatoms. The molecular weight excluding hydrogens is 180 g/mol. The molecule has 0 aliphatic carbocycles. The SMILES string of the molecule is CC(=O)/C=C/C=C(\C)CCOC(C)=O. The van der Waals surface area contributed by atoms with E-state index >= 15 is 0 Å². The van der Waals surface area contributed by atoms with Gasteiger partial charge in [-0.2, -0.15) is 0 Å². The molecule has 0 aromatic carbocycles. The van der Waals surface area contributed by atoms with Gasteiger partial charge in [0.05, 0.1) is 6.61 Å². The largest absolute Gasteiger partial charge is 0.466 e. The standard InChI is InChI=1S/C11H16O3/c1-9(5-4-6-10(2)12)7-8-14-11(3)13/h4-6H,7-8H2,1-3H3/b6-4+,9-5+. The highest BCUT2D eigenvalue weighted by atomic mass is 16.5. The minimum atomic E-state index is -0.267. The lowest BCUT2D eigenvalue weighted by atomic mass is 10.2. The smallest absolute Gasteiger partial charge is 0.302 e. The Hall–Kier alpha value is -1.38. The van der Waals surface area contributed by atoms with Crippen LogP contribution in [0, 0.1) is 0 Å². The number of hydrogen-bond donors (Lipinski definition) is 0. The van der Waals surface area contributed by atoms with Crippen molar-refractivity contribution in [3.05, 3.63) is 23.8 Å². The number of ketones is 1. The molecule has 0 fully saturated rings. The van der Waals surface area contributed by atoms with Gasteiger partial charge in [-0.3, -0.25) is 9.59 Å². The molecule has 0 atom stereocenters. The van der Waals surface area contributed by atoms with Gasteiger partial charge in [0.1, 0.15) is 0 Å². The van der Waals surface area contributed by atoms with Crippen molar-refractivity contribution in [3.8, 4) is 0 Å². The Morgan fingerprint density at radius 3 is 2.36 bits per heavy atom. The fourth-order valence-corrected chi connectivity index (χ4v) is 0.787. The molecule has 0 aliphatic rings. The molecule has 0 aliphatic heterocycles. The zero-order valence-corrected chi connectivity index (χ0v) is 8.87. The van der Waals surface area contributed by atoms with Gasteiger partial charge in [-0.05, 0) is 19.9 Å². The number of rotatable bonds is 5. The normalized spacial score (nSPS) is 11.8. The van der Waals surface area contributed by atoms with Crippen LogP contribution in [-0.4, -0.2) is 18.4 Å². The maximum Gasteiger partial charge on any atom is 0.302 e. The van der Waals surface area contributed by atoms with Crippen LogP contribution in [0.25, 0.3) is 0 Å². The molecule has 0 heterocycles. The van der Waals surface area contributed by atoms with Crippen molar-refractivity contribution in [2.45, 2.75) is 27.2 Å². The van der Waals surface area contributed by atoms with Crippen LogP contribution in [-0.2, 0) is 14.3 Å². The Balaban J connectivity index is 3.78. The third kappa shape index (κ3) is 8.71. The highest BCUT2D eigenvalue weighted by Gasteiger charge is 1.93. The summed E-state index contributed by atoms with van der Waals surface area (Å²) in [7, 11) is 0. The molecular formula is C11H16O3. The second kappa shape index (κ2) is 7.06.